The molecule has 12 rings (SSSR count). The maximum Gasteiger partial charge on any atom is 0.0717 e. The van der Waals surface area contributed by atoms with Gasteiger partial charge in [0.1, 0.15) is 0 Å². The Bertz CT molecular complexity index is 3630. The lowest BCUT2D eigenvalue weighted by molar-refractivity contribution is 1.01. The summed E-state index contributed by atoms with van der Waals surface area (Å²) in [4.78, 5) is 37.1. The van der Waals surface area contributed by atoms with Crippen LogP contribution < -0.4 is 0 Å². The summed E-state index contributed by atoms with van der Waals surface area (Å²) in [5.41, 5.74) is 15.7. The first-order valence-electron chi connectivity index (χ1n) is 22.0. The molecule has 310 valence electrons. The third-order valence-electron chi connectivity index (χ3n) is 12.5. The molecule has 0 unspecified atom stereocenters. The van der Waals surface area contributed by atoms with Gasteiger partial charge in [0.25, 0.3) is 0 Å². The number of aliphatic imine (C=N–C) groups is 1. The number of dihydropyridines is 1. The lowest BCUT2D eigenvalue weighted by Crippen LogP contribution is -1.97. The zero-order chi connectivity index (χ0) is 43.8. The van der Waals surface area contributed by atoms with Crippen molar-refractivity contribution in [2.24, 2.45) is 4.99 Å². The monoisotopic (exact) mass is 846 g/mol. The zero-order valence-electron chi connectivity index (χ0n) is 35.6. The minimum atomic E-state index is 0.808. The molecule has 0 aliphatic carbocycles. The summed E-state index contributed by atoms with van der Waals surface area (Å²) >= 11 is 0. The van der Waals surface area contributed by atoms with Gasteiger partial charge in [0.15, 0.2) is 0 Å². The van der Waals surface area contributed by atoms with Crippen molar-refractivity contribution in [3.63, 3.8) is 0 Å². The molecule has 8 nitrogen and oxygen atoms in total. The minimum Gasteiger partial charge on any atom is -0.293 e. The maximum absolute atomic E-state index is 4.91. The Labute approximate surface area is 380 Å². The summed E-state index contributed by atoms with van der Waals surface area (Å²) in [5.74, 6) is 0. The molecule has 0 N–H and O–H groups in total. The molecule has 0 amide bonds. The summed E-state index contributed by atoms with van der Waals surface area (Å²) in [6.07, 6.45) is 19.8. The Balaban J connectivity index is 0.807. The topological polar surface area (TPSA) is 103 Å². The molecule has 1 aliphatic rings. The Morgan fingerprint density at radius 3 is 1.08 bits per heavy atom. The van der Waals surface area contributed by atoms with E-state index < -0.39 is 0 Å². The van der Waals surface area contributed by atoms with Gasteiger partial charge in [-0.1, -0.05) is 60.7 Å². The molecule has 11 aromatic rings. The highest BCUT2D eigenvalue weighted by atomic mass is 14.8. The van der Waals surface area contributed by atoms with Crippen molar-refractivity contribution >= 4 is 44.1 Å². The van der Waals surface area contributed by atoms with E-state index in [9.17, 15) is 0 Å². The van der Waals surface area contributed by atoms with Crippen LogP contribution >= 0.6 is 0 Å². The molecule has 66 heavy (non-hydrogen) atoms. The molecule has 8 heterocycles. The van der Waals surface area contributed by atoms with Gasteiger partial charge >= 0.3 is 0 Å². The summed E-state index contributed by atoms with van der Waals surface area (Å²) in [6, 6.07) is 50.9. The van der Waals surface area contributed by atoms with Gasteiger partial charge in [-0.05, 0) is 146 Å². The van der Waals surface area contributed by atoms with Crippen LogP contribution in [0.5, 0.6) is 0 Å². The summed E-state index contributed by atoms with van der Waals surface area (Å²) < 4.78 is 0. The van der Waals surface area contributed by atoms with Crippen molar-refractivity contribution in [2.45, 2.75) is 6.42 Å². The van der Waals surface area contributed by atoms with Crippen molar-refractivity contribution in [1.29, 1.82) is 0 Å². The van der Waals surface area contributed by atoms with E-state index in [0.29, 0.717) is 0 Å². The van der Waals surface area contributed by atoms with E-state index in [2.05, 4.69) is 124 Å². The second-order valence-corrected chi connectivity index (χ2v) is 16.4. The van der Waals surface area contributed by atoms with Crippen LogP contribution in [-0.4, -0.2) is 47.6 Å². The largest absolute Gasteiger partial charge is 0.293 e. The maximum atomic E-state index is 4.91. The van der Waals surface area contributed by atoms with E-state index >= 15 is 0 Å². The smallest absolute Gasteiger partial charge is 0.0717 e. The third kappa shape index (κ3) is 7.36. The molecule has 1 aliphatic heterocycles. The van der Waals surface area contributed by atoms with E-state index in [1.54, 1.807) is 12.4 Å². The molecule has 0 saturated heterocycles. The van der Waals surface area contributed by atoms with E-state index in [4.69, 9.17) is 24.9 Å². The van der Waals surface area contributed by atoms with Crippen molar-refractivity contribution in [2.75, 3.05) is 6.54 Å². The van der Waals surface area contributed by atoms with Gasteiger partial charge in [-0.25, -0.2) is 0 Å². The quantitative estimate of drug-likeness (QED) is 0.140. The normalized spacial score (nSPS) is 12.5. The number of benzene rings is 4. The highest BCUT2D eigenvalue weighted by molar-refractivity contribution is 6.26. The first kappa shape index (κ1) is 38.8. The van der Waals surface area contributed by atoms with E-state index in [-0.39, 0.29) is 0 Å². The third-order valence-corrected chi connectivity index (χ3v) is 12.5. The number of hydrogen-bond donors (Lipinski definition) is 0. The number of hydrogen-bond acceptors (Lipinski definition) is 8. The van der Waals surface area contributed by atoms with Crippen LogP contribution in [-0.2, 0) is 0 Å². The van der Waals surface area contributed by atoms with E-state index in [1.807, 2.05) is 85.9 Å². The van der Waals surface area contributed by atoms with Crippen molar-refractivity contribution < 1.29 is 0 Å². The molecule has 4 aromatic carbocycles. The molecule has 0 bridgehead atoms. The summed E-state index contributed by atoms with van der Waals surface area (Å²) in [6.45, 7) is 0.808. The van der Waals surface area contributed by atoms with Crippen LogP contribution in [0, 0.1) is 0 Å². The molecule has 0 spiro atoms. The van der Waals surface area contributed by atoms with Crippen LogP contribution in [0.15, 0.2) is 206 Å². The fourth-order valence-electron chi connectivity index (χ4n) is 8.89. The lowest BCUT2D eigenvalue weighted by atomic mass is 9.90. The standard InChI is InChI=1S/C58H38N8/c1-2-4-48-47(3-1)49-13-5-39(41-7-15-55(61-31-41)45-11-19-57(65-35-45)43-9-17-53(63-33-43)37-21-25-59-26-22-37)29-51(49)52-30-40(6-14-50(48)52)42-8-16-56(62-32-42)46-12-20-58(66-36-46)44-10-18-54(64-34-44)38-23-27-60-28-24-38/h1-23,25-27,29-36H,24,28H2. The number of rotatable bonds is 8. The van der Waals surface area contributed by atoms with Crippen LogP contribution in [0.1, 0.15) is 12.1 Å². The summed E-state index contributed by atoms with van der Waals surface area (Å²) in [7, 11) is 0. The summed E-state index contributed by atoms with van der Waals surface area (Å²) in [5, 5.41) is 7.27. The molecule has 7 aromatic heterocycles. The van der Waals surface area contributed by atoms with E-state index in [0.717, 1.165) is 97.2 Å². The molecular formula is C58H38N8. The van der Waals surface area contributed by atoms with E-state index in [1.165, 1.54) is 37.9 Å². The Kier molecular flexibility index (Phi) is 9.79. The minimum absolute atomic E-state index is 0.808. The highest BCUT2D eigenvalue weighted by Gasteiger charge is 2.14. The lowest BCUT2D eigenvalue weighted by Gasteiger charge is -2.14. The second-order valence-electron chi connectivity index (χ2n) is 16.4. The molecule has 0 atom stereocenters. The predicted molar refractivity (Wildman–Crippen MR) is 268 cm³/mol. The van der Waals surface area contributed by atoms with Crippen LogP contribution in [0.25, 0.3) is 116 Å². The first-order chi connectivity index (χ1) is 32.7. The number of aromatic nitrogens is 7. The Hall–Kier alpha value is -8.88. The number of fused-ring (bicyclic) bond motifs is 6. The van der Waals surface area contributed by atoms with Gasteiger partial charge in [-0.15, -0.1) is 0 Å². The average Bonchev–Trinajstić information content (AvgIpc) is 3.41. The fourth-order valence-corrected chi connectivity index (χ4v) is 8.89. The van der Waals surface area contributed by atoms with Crippen LogP contribution in [0.3, 0.4) is 0 Å². The molecular weight excluding hydrogens is 809 g/mol. The van der Waals surface area contributed by atoms with Crippen molar-refractivity contribution in [3.8, 4) is 78.5 Å². The predicted octanol–water partition coefficient (Wildman–Crippen LogP) is 13.4. The number of pyridine rings is 7. The van der Waals surface area contributed by atoms with Gasteiger partial charge in [-0.3, -0.25) is 39.9 Å². The SMILES string of the molecule is C1=NCCC(c2ccc(-c3ccc(-c4ccc(-c5ccc6c7ccccc7c7ccc(-c8ccc(-c9ccc(-c%10ccc(-c%11ccncc%11)nc%10)nc9)nc8)cc7c6c5)cn4)cn3)cn2)=C1. The van der Waals surface area contributed by atoms with Gasteiger partial charge in [0.2, 0.25) is 0 Å². The Morgan fingerprint density at radius 2 is 0.682 bits per heavy atom. The average molecular weight is 847 g/mol. The fraction of sp³-hybridized carbons (Fsp3) is 0.0345. The number of allylic oxidation sites excluding steroid dienone is 1. The molecule has 0 radical (unpaired) electrons. The van der Waals surface area contributed by atoms with Crippen molar-refractivity contribution in [3.05, 3.63) is 207 Å². The highest BCUT2D eigenvalue weighted by Crippen LogP contribution is 2.39. The van der Waals surface area contributed by atoms with Crippen LogP contribution in [0.2, 0.25) is 0 Å². The van der Waals surface area contributed by atoms with Gasteiger partial charge < -0.3 is 0 Å². The molecule has 0 saturated carbocycles. The second kappa shape index (κ2) is 16.7. The zero-order valence-corrected chi connectivity index (χ0v) is 35.6. The molecule has 8 heteroatoms. The number of nitrogens with zero attached hydrogens (tertiary/aromatic N) is 8. The van der Waals surface area contributed by atoms with Gasteiger partial charge in [-0.2, -0.15) is 0 Å². The molecule has 0 fully saturated rings. The van der Waals surface area contributed by atoms with Gasteiger partial charge in [0, 0.05) is 101 Å². The first-order valence-corrected chi connectivity index (χ1v) is 22.0. The van der Waals surface area contributed by atoms with Crippen LogP contribution in [0.4, 0.5) is 0 Å². The van der Waals surface area contributed by atoms with Crippen molar-refractivity contribution in [1.82, 2.24) is 34.9 Å². The van der Waals surface area contributed by atoms with Gasteiger partial charge in [0.05, 0.1) is 34.2 Å². The Morgan fingerprint density at radius 1 is 0.303 bits per heavy atom.